The van der Waals surface area contributed by atoms with Crippen LogP contribution < -0.4 is 10.6 Å². The van der Waals surface area contributed by atoms with Gasteiger partial charge in [-0.05, 0) is 42.7 Å². The summed E-state index contributed by atoms with van der Waals surface area (Å²) in [5.74, 6) is -3.73. The summed E-state index contributed by atoms with van der Waals surface area (Å²) in [5.41, 5.74) is -1.35. The van der Waals surface area contributed by atoms with Crippen molar-refractivity contribution in [3.8, 4) is 0 Å². The SMILES string of the molecule is C[C@]1(CO)[C@H]2Cc3sc(NC(=O)c4c(F)cccc4F)nc3[C@@H](CC(=O)Nc3nccs3)[C@]2(C)CC[C@H]1O. The van der Waals surface area contributed by atoms with E-state index in [0.29, 0.717) is 30.1 Å². The molecule has 2 aliphatic rings. The first-order chi connectivity index (χ1) is 18.1. The monoisotopic (exact) mass is 562 g/mol. The zero-order chi connectivity index (χ0) is 27.2. The topological polar surface area (TPSA) is 124 Å². The second-order valence-electron chi connectivity index (χ2n) is 10.5. The molecule has 0 unspecified atom stereocenters. The molecule has 2 aromatic heterocycles. The summed E-state index contributed by atoms with van der Waals surface area (Å²) in [4.78, 5) is 35.5. The third-order valence-electron chi connectivity index (χ3n) is 8.37. The van der Waals surface area contributed by atoms with Gasteiger partial charge in [0.25, 0.3) is 5.91 Å². The van der Waals surface area contributed by atoms with Crippen LogP contribution in [0.2, 0.25) is 0 Å². The molecule has 1 saturated carbocycles. The maximum Gasteiger partial charge on any atom is 0.263 e. The number of aromatic nitrogens is 2. The Morgan fingerprint density at radius 3 is 2.58 bits per heavy atom. The molecule has 2 aliphatic carbocycles. The van der Waals surface area contributed by atoms with Crippen LogP contribution >= 0.6 is 22.7 Å². The second kappa shape index (κ2) is 10.1. The van der Waals surface area contributed by atoms with Gasteiger partial charge in [-0.2, -0.15) is 0 Å². The minimum atomic E-state index is -0.980. The van der Waals surface area contributed by atoms with Crippen LogP contribution in [-0.2, 0) is 11.2 Å². The lowest BCUT2D eigenvalue weighted by Gasteiger charge is -2.58. The fourth-order valence-corrected chi connectivity index (χ4v) is 7.82. The van der Waals surface area contributed by atoms with Crippen molar-refractivity contribution in [2.24, 2.45) is 16.7 Å². The molecular weight excluding hydrogens is 534 g/mol. The fourth-order valence-electron chi connectivity index (χ4n) is 6.21. The van der Waals surface area contributed by atoms with E-state index in [2.05, 4.69) is 27.5 Å². The first-order valence-corrected chi connectivity index (χ1v) is 14.0. The number of carbonyl (C=O) groups excluding carboxylic acids is 2. The van der Waals surface area contributed by atoms with Crippen LogP contribution in [0.4, 0.5) is 19.0 Å². The van der Waals surface area contributed by atoms with Crippen LogP contribution in [0.5, 0.6) is 0 Å². The van der Waals surface area contributed by atoms with Crippen LogP contribution in [-0.4, -0.2) is 44.7 Å². The zero-order valence-electron chi connectivity index (χ0n) is 20.8. The molecule has 1 fully saturated rings. The highest BCUT2D eigenvalue weighted by Gasteiger charge is 2.59. The Kier molecular flexibility index (Phi) is 7.10. The minimum absolute atomic E-state index is 0.0796. The maximum atomic E-state index is 14.2. The van der Waals surface area contributed by atoms with Crippen LogP contribution in [0.25, 0.3) is 0 Å². The molecule has 5 atom stereocenters. The van der Waals surface area contributed by atoms with Crippen LogP contribution in [0.3, 0.4) is 0 Å². The number of hydrogen-bond acceptors (Lipinski definition) is 8. The van der Waals surface area contributed by atoms with Crippen molar-refractivity contribution in [1.29, 1.82) is 0 Å². The summed E-state index contributed by atoms with van der Waals surface area (Å²) >= 11 is 2.48. The molecular formula is C26H28F2N4O4S2. The first-order valence-electron chi connectivity index (χ1n) is 12.3. The van der Waals surface area contributed by atoms with Gasteiger partial charge in [0.2, 0.25) is 5.91 Å². The van der Waals surface area contributed by atoms with Crippen molar-refractivity contribution in [3.63, 3.8) is 0 Å². The standard InChI is InChI=1S/C26H28F2N4O4S2/c1-25-7-6-18(34)26(2,12-33)17(25)11-16-21(13(25)10-19(35)30-23-29-8-9-37-23)31-24(38-16)32-22(36)20-14(27)4-3-5-15(20)28/h3-5,8-9,13,17-18,33-34H,6-7,10-12H2,1-2H3,(H,29,30,35)(H,31,32,36)/t13-,17+,18-,25+,26+/m1/s1. The van der Waals surface area contributed by atoms with E-state index in [1.54, 1.807) is 11.6 Å². The van der Waals surface area contributed by atoms with Crippen LogP contribution in [0.1, 0.15) is 60.0 Å². The van der Waals surface area contributed by atoms with E-state index in [1.165, 1.54) is 28.7 Å². The summed E-state index contributed by atoms with van der Waals surface area (Å²) in [6.07, 6.45) is 2.52. The molecule has 0 saturated heterocycles. The molecule has 202 valence electrons. The van der Waals surface area contributed by atoms with Crippen molar-refractivity contribution < 1.29 is 28.6 Å². The quantitative estimate of drug-likeness (QED) is 0.349. The third-order valence-corrected chi connectivity index (χ3v) is 10.1. The number of nitrogens with zero attached hydrogens (tertiary/aromatic N) is 2. The smallest absolute Gasteiger partial charge is 0.263 e. The second-order valence-corrected chi connectivity index (χ2v) is 12.5. The normalized spacial score (nSPS) is 28.3. The highest BCUT2D eigenvalue weighted by atomic mass is 32.1. The zero-order valence-corrected chi connectivity index (χ0v) is 22.5. The number of aliphatic hydroxyl groups is 2. The molecule has 38 heavy (non-hydrogen) atoms. The number of amides is 2. The molecule has 8 nitrogen and oxygen atoms in total. The highest BCUT2D eigenvalue weighted by Crippen LogP contribution is 2.62. The number of anilines is 2. The first kappa shape index (κ1) is 26.8. The Hall–Kier alpha value is -2.80. The van der Waals surface area contributed by atoms with Gasteiger partial charge in [-0.15, -0.1) is 22.7 Å². The number of aliphatic hydroxyl groups excluding tert-OH is 2. The summed E-state index contributed by atoms with van der Waals surface area (Å²) in [6.45, 7) is 3.70. The van der Waals surface area contributed by atoms with Crippen molar-refractivity contribution in [2.45, 2.75) is 51.6 Å². The number of fused-ring (bicyclic) bond motifs is 2. The molecule has 4 N–H and O–H groups in total. The van der Waals surface area contributed by atoms with Crippen LogP contribution in [0, 0.1) is 28.4 Å². The van der Waals surface area contributed by atoms with E-state index in [-0.39, 0.29) is 35.9 Å². The van der Waals surface area contributed by atoms with Gasteiger partial charge in [-0.3, -0.25) is 14.9 Å². The number of carbonyl (C=O) groups is 2. The van der Waals surface area contributed by atoms with Crippen molar-refractivity contribution in [3.05, 3.63) is 57.5 Å². The fraction of sp³-hybridized carbons (Fsp3) is 0.462. The lowest BCUT2D eigenvalue weighted by atomic mass is 9.47. The Labute approximate surface area is 226 Å². The number of halogens is 2. The Bertz CT molecular complexity index is 1350. The van der Waals surface area contributed by atoms with Gasteiger partial charge < -0.3 is 15.5 Å². The van der Waals surface area contributed by atoms with Gasteiger partial charge in [-0.25, -0.2) is 18.7 Å². The Balaban J connectivity index is 1.51. The molecule has 12 heteroatoms. The van der Waals surface area contributed by atoms with E-state index in [1.807, 2.05) is 6.92 Å². The third kappa shape index (κ3) is 4.53. The number of benzene rings is 1. The molecule has 2 amide bonds. The van der Waals surface area contributed by atoms with Gasteiger partial charge in [0, 0.05) is 34.2 Å². The lowest BCUT2D eigenvalue weighted by molar-refractivity contribution is -0.143. The van der Waals surface area contributed by atoms with Crippen molar-refractivity contribution in [2.75, 3.05) is 17.2 Å². The lowest BCUT2D eigenvalue weighted by Crippen LogP contribution is -2.57. The Morgan fingerprint density at radius 2 is 1.92 bits per heavy atom. The molecule has 0 radical (unpaired) electrons. The number of rotatable bonds is 6. The predicted molar refractivity (Wildman–Crippen MR) is 140 cm³/mol. The molecule has 3 aromatic rings. The largest absolute Gasteiger partial charge is 0.396 e. The minimum Gasteiger partial charge on any atom is -0.396 e. The summed E-state index contributed by atoms with van der Waals surface area (Å²) in [7, 11) is 0. The number of hydrogen-bond donors (Lipinski definition) is 4. The molecule has 0 aliphatic heterocycles. The molecule has 5 rings (SSSR count). The van der Waals surface area contributed by atoms with E-state index in [0.717, 1.165) is 17.0 Å². The van der Waals surface area contributed by atoms with Gasteiger partial charge in [0.1, 0.15) is 17.2 Å². The van der Waals surface area contributed by atoms with Gasteiger partial charge in [0.05, 0.1) is 18.4 Å². The Morgan fingerprint density at radius 1 is 1.18 bits per heavy atom. The highest BCUT2D eigenvalue weighted by molar-refractivity contribution is 7.16. The van der Waals surface area contributed by atoms with Gasteiger partial charge >= 0.3 is 0 Å². The predicted octanol–water partition coefficient (Wildman–Crippen LogP) is 4.57. The summed E-state index contributed by atoms with van der Waals surface area (Å²) < 4.78 is 28.4. The van der Waals surface area contributed by atoms with E-state index >= 15 is 0 Å². The average Bonchev–Trinajstić information content (AvgIpc) is 3.52. The van der Waals surface area contributed by atoms with E-state index < -0.39 is 40.0 Å². The van der Waals surface area contributed by atoms with E-state index in [9.17, 15) is 28.6 Å². The van der Waals surface area contributed by atoms with Gasteiger partial charge in [0.15, 0.2) is 10.3 Å². The van der Waals surface area contributed by atoms with Crippen molar-refractivity contribution in [1.82, 2.24) is 9.97 Å². The van der Waals surface area contributed by atoms with Gasteiger partial charge in [-0.1, -0.05) is 19.9 Å². The summed E-state index contributed by atoms with van der Waals surface area (Å²) in [5, 5.41) is 29.0. The van der Waals surface area contributed by atoms with Crippen LogP contribution in [0.15, 0.2) is 29.8 Å². The maximum absolute atomic E-state index is 14.2. The van der Waals surface area contributed by atoms with Crippen molar-refractivity contribution >= 4 is 44.8 Å². The molecule has 0 bridgehead atoms. The number of thiazole rings is 2. The molecule has 1 aromatic carbocycles. The molecule has 0 spiro atoms. The van der Waals surface area contributed by atoms with E-state index in [4.69, 9.17) is 0 Å². The molecule has 2 heterocycles. The average molecular weight is 563 g/mol. The summed E-state index contributed by atoms with van der Waals surface area (Å²) in [6, 6.07) is 3.20. The number of nitrogens with one attached hydrogen (secondary N) is 2.